The highest BCUT2D eigenvalue weighted by atomic mass is 16.2. The number of carbonyl (C=O) groups excluding carboxylic acids is 2. The molecule has 0 aromatic carbocycles. The zero-order valence-corrected chi connectivity index (χ0v) is 10.0. The largest absolute Gasteiger partial charge is 0.354 e. The third-order valence-electron chi connectivity index (χ3n) is 2.51. The highest BCUT2D eigenvalue weighted by Gasteiger charge is 2.21. The van der Waals surface area contributed by atoms with E-state index in [1.807, 2.05) is 13.8 Å². The van der Waals surface area contributed by atoms with Gasteiger partial charge < -0.3 is 16.0 Å². The van der Waals surface area contributed by atoms with Crippen LogP contribution in [0.2, 0.25) is 0 Å². The van der Waals surface area contributed by atoms with Gasteiger partial charge in [-0.05, 0) is 25.3 Å². The first-order valence-electron chi connectivity index (χ1n) is 5.87. The molecule has 3 N–H and O–H groups in total. The van der Waals surface area contributed by atoms with E-state index in [0.29, 0.717) is 12.5 Å². The smallest absolute Gasteiger partial charge is 0.239 e. The molecule has 1 atom stereocenters. The number of carbonyl (C=O) groups is 2. The van der Waals surface area contributed by atoms with Crippen LogP contribution < -0.4 is 16.0 Å². The molecule has 0 unspecified atom stereocenters. The number of nitrogens with one attached hydrogen (secondary N) is 3. The Balaban J connectivity index is 2.13. The zero-order valence-electron chi connectivity index (χ0n) is 10.0. The van der Waals surface area contributed by atoms with Crippen molar-refractivity contribution < 1.29 is 9.59 Å². The second kappa shape index (κ2) is 6.48. The first-order valence-corrected chi connectivity index (χ1v) is 5.87. The molecule has 2 amide bonds. The van der Waals surface area contributed by atoms with Crippen LogP contribution in [-0.2, 0) is 9.59 Å². The van der Waals surface area contributed by atoms with Crippen LogP contribution in [0.4, 0.5) is 0 Å². The summed E-state index contributed by atoms with van der Waals surface area (Å²) in [6.07, 6.45) is 1.89. The van der Waals surface area contributed by atoms with Crippen LogP contribution in [-0.4, -0.2) is 37.5 Å². The summed E-state index contributed by atoms with van der Waals surface area (Å²) in [6.45, 7) is 5.67. The number of amides is 2. The fourth-order valence-electron chi connectivity index (χ4n) is 1.58. The second-order valence-corrected chi connectivity index (χ2v) is 4.56. The van der Waals surface area contributed by atoms with Gasteiger partial charge in [0, 0.05) is 6.54 Å². The van der Waals surface area contributed by atoms with Crippen LogP contribution in [0, 0.1) is 5.92 Å². The minimum Gasteiger partial charge on any atom is -0.354 e. The lowest BCUT2D eigenvalue weighted by Crippen LogP contribution is -2.45. The Bertz CT molecular complexity index is 248. The van der Waals surface area contributed by atoms with Crippen LogP contribution >= 0.6 is 0 Å². The molecular formula is C11H21N3O2. The molecule has 0 aromatic heterocycles. The summed E-state index contributed by atoms with van der Waals surface area (Å²) >= 11 is 0. The van der Waals surface area contributed by atoms with Crippen LogP contribution in [0.25, 0.3) is 0 Å². The maximum atomic E-state index is 11.5. The lowest BCUT2D eigenvalue weighted by Gasteiger charge is -2.11. The number of hydrogen-bond donors (Lipinski definition) is 3. The molecule has 0 spiro atoms. The van der Waals surface area contributed by atoms with Gasteiger partial charge in [0.05, 0.1) is 12.6 Å². The summed E-state index contributed by atoms with van der Waals surface area (Å²) in [6, 6.07) is -0.113. The first-order chi connectivity index (χ1) is 7.59. The van der Waals surface area contributed by atoms with Crippen molar-refractivity contribution in [1.82, 2.24) is 16.0 Å². The fourth-order valence-corrected chi connectivity index (χ4v) is 1.58. The monoisotopic (exact) mass is 227 g/mol. The van der Waals surface area contributed by atoms with E-state index < -0.39 is 0 Å². The lowest BCUT2D eigenvalue weighted by atomic mass is 10.2. The van der Waals surface area contributed by atoms with Gasteiger partial charge in [-0.2, -0.15) is 0 Å². The minimum atomic E-state index is -0.125. The molecule has 16 heavy (non-hydrogen) atoms. The molecule has 5 heteroatoms. The Kier molecular flexibility index (Phi) is 5.25. The predicted octanol–water partition coefficient (Wildman–Crippen LogP) is -0.373. The van der Waals surface area contributed by atoms with Gasteiger partial charge in [0.1, 0.15) is 0 Å². The van der Waals surface area contributed by atoms with Crippen LogP contribution in [0.3, 0.4) is 0 Å². The van der Waals surface area contributed by atoms with E-state index in [2.05, 4.69) is 16.0 Å². The van der Waals surface area contributed by atoms with Crippen molar-refractivity contribution in [1.29, 1.82) is 0 Å². The Morgan fingerprint density at radius 1 is 1.38 bits per heavy atom. The highest BCUT2D eigenvalue weighted by Crippen LogP contribution is 2.03. The second-order valence-electron chi connectivity index (χ2n) is 4.56. The van der Waals surface area contributed by atoms with Gasteiger partial charge in [-0.1, -0.05) is 13.8 Å². The van der Waals surface area contributed by atoms with E-state index >= 15 is 0 Å². The molecule has 0 bridgehead atoms. The van der Waals surface area contributed by atoms with Crippen molar-refractivity contribution in [2.45, 2.75) is 32.7 Å². The van der Waals surface area contributed by atoms with Gasteiger partial charge in [-0.3, -0.25) is 9.59 Å². The van der Waals surface area contributed by atoms with Gasteiger partial charge in [-0.15, -0.1) is 0 Å². The highest BCUT2D eigenvalue weighted by molar-refractivity contribution is 5.87. The Morgan fingerprint density at radius 2 is 2.12 bits per heavy atom. The molecular weight excluding hydrogens is 206 g/mol. The maximum Gasteiger partial charge on any atom is 0.239 e. The molecule has 1 saturated heterocycles. The molecule has 1 rings (SSSR count). The Morgan fingerprint density at radius 3 is 2.69 bits per heavy atom. The van der Waals surface area contributed by atoms with Crippen molar-refractivity contribution in [3.8, 4) is 0 Å². The van der Waals surface area contributed by atoms with E-state index in [1.54, 1.807) is 0 Å². The van der Waals surface area contributed by atoms with Crippen LogP contribution in [0.1, 0.15) is 26.7 Å². The topological polar surface area (TPSA) is 70.2 Å². The molecule has 1 heterocycles. The molecule has 0 radical (unpaired) electrons. The summed E-state index contributed by atoms with van der Waals surface area (Å²) in [5.41, 5.74) is 0. The Labute approximate surface area is 96.4 Å². The molecule has 1 fully saturated rings. The molecule has 1 aliphatic heterocycles. The van der Waals surface area contributed by atoms with Gasteiger partial charge in [0.15, 0.2) is 0 Å². The lowest BCUT2D eigenvalue weighted by molar-refractivity contribution is -0.127. The normalized spacial score (nSPS) is 19.8. The maximum absolute atomic E-state index is 11.5. The summed E-state index contributed by atoms with van der Waals surface area (Å²) in [4.78, 5) is 22.9. The van der Waals surface area contributed by atoms with E-state index in [0.717, 1.165) is 19.4 Å². The third-order valence-corrected chi connectivity index (χ3v) is 2.51. The molecule has 0 saturated carbocycles. The summed E-state index contributed by atoms with van der Waals surface area (Å²) in [5.74, 6) is 0.230. The average molecular weight is 227 g/mol. The van der Waals surface area contributed by atoms with Gasteiger partial charge in [0.2, 0.25) is 11.8 Å². The minimum absolute atomic E-state index is 0.0720. The average Bonchev–Trinajstić information content (AvgIpc) is 2.76. The zero-order chi connectivity index (χ0) is 12.0. The van der Waals surface area contributed by atoms with E-state index in [9.17, 15) is 9.59 Å². The standard InChI is InChI=1S/C11H21N3O2/c1-8(2)6-13-10(15)7-14-11(16)9-4-3-5-12-9/h8-9,12H,3-7H2,1-2H3,(H,13,15)(H,14,16)/t9-/m0/s1. The predicted molar refractivity (Wildman–Crippen MR) is 61.9 cm³/mol. The van der Waals surface area contributed by atoms with Gasteiger partial charge in [0.25, 0.3) is 0 Å². The quantitative estimate of drug-likeness (QED) is 0.600. The summed E-state index contributed by atoms with van der Waals surface area (Å²) in [5, 5.41) is 8.48. The van der Waals surface area contributed by atoms with E-state index in [4.69, 9.17) is 0 Å². The van der Waals surface area contributed by atoms with Gasteiger partial charge >= 0.3 is 0 Å². The molecule has 1 aliphatic rings. The van der Waals surface area contributed by atoms with Gasteiger partial charge in [-0.25, -0.2) is 0 Å². The van der Waals surface area contributed by atoms with Crippen molar-refractivity contribution in [3.05, 3.63) is 0 Å². The molecule has 92 valence electrons. The van der Waals surface area contributed by atoms with Crippen molar-refractivity contribution in [3.63, 3.8) is 0 Å². The van der Waals surface area contributed by atoms with Crippen LogP contribution in [0.5, 0.6) is 0 Å². The SMILES string of the molecule is CC(C)CNC(=O)CNC(=O)[C@@H]1CCCN1. The van der Waals surface area contributed by atoms with Crippen LogP contribution in [0.15, 0.2) is 0 Å². The van der Waals surface area contributed by atoms with Crippen molar-refractivity contribution in [2.75, 3.05) is 19.6 Å². The molecule has 5 nitrogen and oxygen atoms in total. The summed E-state index contributed by atoms with van der Waals surface area (Å²) in [7, 11) is 0. The van der Waals surface area contributed by atoms with E-state index in [-0.39, 0.29) is 24.4 Å². The molecule has 0 aromatic rings. The number of hydrogen-bond acceptors (Lipinski definition) is 3. The van der Waals surface area contributed by atoms with E-state index in [1.165, 1.54) is 0 Å². The third kappa shape index (κ3) is 4.61. The van der Waals surface area contributed by atoms with Crippen molar-refractivity contribution >= 4 is 11.8 Å². The fraction of sp³-hybridized carbons (Fsp3) is 0.818. The summed E-state index contributed by atoms with van der Waals surface area (Å²) < 4.78 is 0. The Hall–Kier alpha value is -1.10. The first kappa shape index (κ1) is 13.0. The van der Waals surface area contributed by atoms with Crippen molar-refractivity contribution in [2.24, 2.45) is 5.92 Å². The number of rotatable bonds is 5. The molecule has 0 aliphatic carbocycles.